The van der Waals surface area contributed by atoms with Crippen LogP contribution in [0.25, 0.3) is 10.2 Å². The topological polar surface area (TPSA) is 37.8 Å². The average molecular weight is 399 g/mol. The van der Waals surface area contributed by atoms with Crippen LogP contribution in [-0.2, 0) is 19.4 Å². The number of aromatic amines is 1. The van der Waals surface area contributed by atoms with Gasteiger partial charge in [-0.3, -0.25) is 9.36 Å². The zero-order valence-corrected chi connectivity index (χ0v) is 17.8. The van der Waals surface area contributed by atoms with Gasteiger partial charge >= 0.3 is 0 Å². The first-order chi connectivity index (χ1) is 12.9. The van der Waals surface area contributed by atoms with Crippen LogP contribution in [0.15, 0.2) is 35.1 Å². The standard InChI is InChI=1S/C22H26N2OS2/c1-4-22(2,3)15-10-11-16-17(12-15)27-19-18(16)20(25)24(21(26)23-19)13-14-8-6-5-7-9-14/h5-9,15H,4,10-13H2,1-3H3,(H,23,26). The average Bonchev–Trinajstić information content (AvgIpc) is 3.03. The second-order valence-corrected chi connectivity index (χ2v) is 9.79. The molecule has 0 radical (unpaired) electrons. The summed E-state index contributed by atoms with van der Waals surface area (Å²) in [6.07, 6.45) is 4.42. The first-order valence-electron chi connectivity index (χ1n) is 9.72. The predicted octanol–water partition coefficient (Wildman–Crippen LogP) is 5.71. The molecule has 1 aromatic carbocycles. The van der Waals surface area contributed by atoms with Crippen LogP contribution in [0.4, 0.5) is 0 Å². The minimum atomic E-state index is 0.0586. The van der Waals surface area contributed by atoms with Crippen molar-refractivity contribution in [1.82, 2.24) is 9.55 Å². The second-order valence-electron chi connectivity index (χ2n) is 8.30. The van der Waals surface area contributed by atoms with E-state index in [1.54, 1.807) is 15.9 Å². The third-order valence-corrected chi connectivity index (χ3v) is 7.88. The summed E-state index contributed by atoms with van der Waals surface area (Å²) in [4.78, 5) is 19.0. The number of nitrogens with one attached hydrogen (secondary N) is 1. The van der Waals surface area contributed by atoms with Gasteiger partial charge < -0.3 is 4.98 Å². The predicted molar refractivity (Wildman–Crippen MR) is 116 cm³/mol. The maximum atomic E-state index is 13.3. The maximum absolute atomic E-state index is 13.3. The summed E-state index contributed by atoms with van der Waals surface area (Å²) in [7, 11) is 0. The van der Waals surface area contributed by atoms with Crippen LogP contribution in [0.3, 0.4) is 0 Å². The fraction of sp³-hybridized carbons (Fsp3) is 0.455. The summed E-state index contributed by atoms with van der Waals surface area (Å²) in [6, 6.07) is 10.0. The van der Waals surface area contributed by atoms with E-state index in [9.17, 15) is 4.79 Å². The molecule has 0 saturated carbocycles. The second kappa shape index (κ2) is 7.02. The molecule has 0 bridgehead atoms. The van der Waals surface area contributed by atoms with E-state index in [0.29, 0.717) is 22.6 Å². The van der Waals surface area contributed by atoms with Crippen molar-refractivity contribution >= 4 is 33.8 Å². The maximum Gasteiger partial charge on any atom is 0.263 e. The molecular weight excluding hydrogens is 372 g/mol. The summed E-state index contributed by atoms with van der Waals surface area (Å²) >= 11 is 7.26. The number of hydrogen-bond donors (Lipinski definition) is 1. The molecule has 1 aliphatic rings. The number of rotatable bonds is 4. The van der Waals surface area contributed by atoms with Crippen LogP contribution >= 0.6 is 23.6 Å². The van der Waals surface area contributed by atoms with Crippen molar-refractivity contribution in [2.24, 2.45) is 11.3 Å². The molecule has 1 aliphatic carbocycles. The van der Waals surface area contributed by atoms with E-state index in [2.05, 4.69) is 25.8 Å². The Bertz CT molecular complexity index is 1090. The molecule has 142 valence electrons. The Balaban J connectivity index is 1.79. The Kier molecular flexibility index (Phi) is 4.85. The Morgan fingerprint density at radius 3 is 2.74 bits per heavy atom. The minimum Gasteiger partial charge on any atom is -0.323 e. The highest BCUT2D eigenvalue weighted by Gasteiger charge is 2.33. The smallest absolute Gasteiger partial charge is 0.263 e. The van der Waals surface area contributed by atoms with E-state index < -0.39 is 0 Å². The largest absolute Gasteiger partial charge is 0.323 e. The molecule has 0 fully saturated rings. The molecule has 1 N–H and O–H groups in total. The first kappa shape index (κ1) is 18.6. The van der Waals surface area contributed by atoms with Crippen LogP contribution in [0.1, 0.15) is 49.6 Å². The SMILES string of the molecule is CCC(C)(C)C1CCc2c(sc3[nH]c(=S)n(Cc4ccccc4)c(=O)c23)C1. The molecule has 0 saturated heterocycles. The van der Waals surface area contributed by atoms with Gasteiger partial charge in [0.25, 0.3) is 5.56 Å². The van der Waals surface area contributed by atoms with Gasteiger partial charge in [0.05, 0.1) is 11.9 Å². The number of fused-ring (bicyclic) bond motifs is 3. The van der Waals surface area contributed by atoms with E-state index in [0.717, 1.165) is 35.0 Å². The summed E-state index contributed by atoms with van der Waals surface area (Å²) in [5.41, 5.74) is 2.75. The summed E-state index contributed by atoms with van der Waals surface area (Å²) in [6.45, 7) is 7.54. The van der Waals surface area contributed by atoms with Gasteiger partial charge in [0, 0.05) is 4.88 Å². The molecule has 2 heterocycles. The third-order valence-electron chi connectivity index (χ3n) is 6.39. The van der Waals surface area contributed by atoms with Crippen molar-refractivity contribution in [2.45, 2.75) is 53.0 Å². The molecule has 3 nitrogen and oxygen atoms in total. The number of thiophene rings is 1. The lowest BCUT2D eigenvalue weighted by Crippen LogP contribution is -2.29. The van der Waals surface area contributed by atoms with Gasteiger partial charge in [-0.15, -0.1) is 11.3 Å². The number of hydrogen-bond acceptors (Lipinski definition) is 3. The van der Waals surface area contributed by atoms with E-state index in [4.69, 9.17) is 12.2 Å². The van der Waals surface area contributed by atoms with Crippen molar-refractivity contribution in [2.75, 3.05) is 0 Å². The fourth-order valence-electron chi connectivity index (χ4n) is 4.16. The van der Waals surface area contributed by atoms with Crippen molar-refractivity contribution in [1.29, 1.82) is 0 Å². The molecule has 27 heavy (non-hydrogen) atoms. The Morgan fingerprint density at radius 2 is 2.04 bits per heavy atom. The van der Waals surface area contributed by atoms with E-state index in [1.165, 1.54) is 16.9 Å². The van der Waals surface area contributed by atoms with Crippen molar-refractivity contribution in [3.05, 3.63) is 61.5 Å². The molecule has 4 rings (SSSR count). The monoisotopic (exact) mass is 398 g/mol. The van der Waals surface area contributed by atoms with Crippen molar-refractivity contribution < 1.29 is 0 Å². The summed E-state index contributed by atoms with van der Waals surface area (Å²) < 4.78 is 2.22. The highest BCUT2D eigenvalue weighted by Crippen LogP contribution is 2.43. The van der Waals surface area contributed by atoms with Gasteiger partial charge in [0.1, 0.15) is 4.83 Å². The molecule has 1 atom stereocenters. The number of nitrogens with zero attached hydrogens (tertiary/aromatic N) is 1. The van der Waals surface area contributed by atoms with Gasteiger partial charge in [0.2, 0.25) is 0 Å². The number of benzene rings is 1. The highest BCUT2D eigenvalue weighted by atomic mass is 32.1. The zero-order chi connectivity index (χ0) is 19.2. The lowest BCUT2D eigenvalue weighted by molar-refractivity contribution is 0.184. The van der Waals surface area contributed by atoms with Crippen molar-refractivity contribution in [3.63, 3.8) is 0 Å². The minimum absolute atomic E-state index is 0.0586. The van der Waals surface area contributed by atoms with E-state index >= 15 is 0 Å². The van der Waals surface area contributed by atoms with Crippen molar-refractivity contribution in [3.8, 4) is 0 Å². The van der Waals surface area contributed by atoms with Crippen LogP contribution in [0.2, 0.25) is 0 Å². The number of H-pyrrole nitrogens is 1. The molecule has 0 spiro atoms. The Hall–Kier alpha value is -1.72. The van der Waals surface area contributed by atoms with Gasteiger partial charge in [-0.05, 0) is 53.9 Å². The molecule has 0 aliphatic heterocycles. The Labute approximate surface area is 169 Å². The van der Waals surface area contributed by atoms with Gasteiger partial charge in [-0.25, -0.2) is 0 Å². The number of aromatic nitrogens is 2. The fourth-order valence-corrected chi connectivity index (χ4v) is 5.79. The quantitative estimate of drug-likeness (QED) is 0.572. The summed E-state index contributed by atoms with van der Waals surface area (Å²) in [5.74, 6) is 0.678. The third kappa shape index (κ3) is 3.32. The Morgan fingerprint density at radius 1 is 1.30 bits per heavy atom. The van der Waals surface area contributed by atoms with Gasteiger partial charge in [-0.2, -0.15) is 0 Å². The van der Waals surface area contributed by atoms with Crippen LogP contribution in [0, 0.1) is 16.1 Å². The zero-order valence-electron chi connectivity index (χ0n) is 16.2. The number of aryl methyl sites for hydroxylation is 1. The molecule has 2 aromatic heterocycles. The molecule has 1 unspecified atom stereocenters. The van der Waals surface area contributed by atoms with E-state index in [-0.39, 0.29) is 5.56 Å². The molecule has 0 amide bonds. The van der Waals surface area contributed by atoms with Crippen LogP contribution < -0.4 is 5.56 Å². The van der Waals surface area contributed by atoms with Crippen LogP contribution in [-0.4, -0.2) is 9.55 Å². The van der Waals surface area contributed by atoms with Crippen LogP contribution in [0.5, 0.6) is 0 Å². The molecule has 3 aromatic rings. The van der Waals surface area contributed by atoms with Gasteiger partial charge in [0.15, 0.2) is 4.77 Å². The first-order valence-corrected chi connectivity index (χ1v) is 10.9. The summed E-state index contributed by atoms with van der Waals surface area (Å²) in [5, 5.41) is 0.868. The van der Waals surface area contributed by atoms with E-state index in [1.807, 2.05) is 30.3 Å². The molecular formula is C22H26N2OS2. The highest BCUT2D eigenvalue weighted by molar-refractivity contribution is 7.71. The molecule has 5 heteroatoms. The normalized spacial score (nSPS) is 17.2. The lowest BCUT2D eigenvalue weighted by Gasteiger charge is -2.36. The lowest BCUT2D eigenvalue weighted by atomic mass is 9.70. The van der Waals surface area contributed by atoms with Gasteiger partial charge in [-0.1, -0.05) is 57.5 Å².